The number of carbonyl (C=O) groups excluding carboxylic acids is 1. The lowest BCUT2D eigenvalue weighted by Crippen LogP contribution is -2.72. The Kier molecular flexibility index (Phi) is 6.81. The topological polar surface area (TPSA) is 196 Å². The van der Waals surface area contributed by atoms with Crippen LogP contribution in [-0.4, -0.2) is 122 Å². The number of rotatable bonds is 6. The number of aliphatic hydroxyl groups is 7. The quantitative estimate of drug-likeness (QED) is 0.178. The highest BCUT2D eigenvalue weighted by molar-refractivity contribution is 5.89. The fourth-order valence-electron chi connectivity index (χ4n) is 9.69. The Hall–Kier alpha value is -0.770. The third-order valence-electron chi connectivity index (χ3n) is 12.2. The van der Waals surface area contributed by atoms with Crippen molar-refractivity contribution in [1.82, 2.24) is 0 Å². The molecule has 17 atom stereocenters. The van der Waals surface area contributed by atoms with Gasteiger partial charge in [0, 0.05) is 5.92 Å². The maximum atomic E-state index is 13.9. The van der Waals surface area contributed by atoms with Gasteiger partial charge >= 0.3 is 0 Å². The van der Waals surface area contributed by atoms with Crippen molar-refractivity contribution < 1.29 is 59.5 Å². The Morgan fingerprint density at radius 3 is 2.10 bits per heavy atom. The monoisotopic (exact) mass is 558 g/mol. The summed E-state index contributed by atoms with van der Waals surface area (Å²) in [4.78, 5) is 13.9. The van der Waals surface area contributed by atoms with Gasteiger partial charge in [0.15, 0.2) is 18.4 Å². The minimum atomic E-state index is -1.76. The molecule has 0 amide bonds. The average Bonchev–Trinajstić information content (AvgIpc) is 3.43. The molecule has 4 saturated carbocycles. The van der Waals surface area contributed by atoms with Gasteiger partial charge < -0.3 is 54.7 Å². The van der Waals surface area contributed by atoms with Crippen LogP contribution >= 0.6 is 0 Å². The van der Waals surface area contributed by atoms with Gasteiger partial charge in [-0.3, -0.25) is 4.79 Å². The van der Waals surface area contributed by atoms with Gasteiger partial charge in [0.05, 0.1) is 13.2 Å². The molecule has 2 heterocycles. The molecule has 2 aliphatic heterocycles. The number of hydrogen-bond donors (Lipinski definition) is 7. The molecule has 12 nitrogen and oxygen atoms in total. The molecule has 6 rings (SSSR count). The van der Waals surface area contributed by atoms with Crippen LogP contribution in [0.4, 0.5) is 0 Å². The van der Waals surface area contributed by atoms with E-state index >= 15 is 0 Å². The Balaban J connectivity index is 1.28. The van der Waals surface area contributed by atoms with Crippen molar-refractivity contribution in [3.63, 3.8) is 0 Å². The van der Waals surface area contributed by atoms with Crippen LogP contribution in [0.2, 0.25) is 0 Å². The maximum Gasteiger partial charge on any atom is 0.187 e. The largest absolute Gasteiger partial charge is 0.394 e. The first kappa shape index (κ1) is 28.4. The van der Waals surface area contributed by atoms with Gasteiger partial charge in [-0.25, -0.2) is 0 Å². The van der Waals surface area contributed by atoms with Crippen LogP contribution in [0.1, 0.15) is 46.5 Å². The number of ketones is 1. The van der Waals surface area contributed by atoms with E-state index in [0.717, 1.165) is 25.7 Å². The van der Waals surface area contributed by atoms with Gasteiger partial charge in [0.25, 0.3) is 0 Å². The minimum absolute atomic E-state index is 0.0306. The fourth-order valence-corrected chi connectivity index (χ4v) is 9.69. The van der Waals surface area contributed by atoms with Gasteiger partial charge in [-0.05, 0) is 53.8 Å². The van der Waals surface area contributed by atoms with E-state index in [2.05, 4.69) is 13.8 Å². The predicted molar refractivity (Wildman–Crippen MR) is 130 cm³/mol. The summed E-state index contributed by atoms with van der Waals surface area (Å²) in [6.45, 7) is 5.29. The van der Waals surface area contributed by atoms with E-state index < -0.39 is 80.7 Å². The second kappa shape index (κ2) is 9.37. The lowest BCUT2D eigenvalue weighted by Gasteiger charge is -2.71. The first-order chi connectivity index (χ1) is 18.4. The minimum Gasteiger partial charge on any atom is -0.394 e. The highest BCUT2D eigenvalue weighted by Crippen LogP contribution is 2.86. The summed E-state index contributed by atoms with van der Waals surface area (Å²) in [7, 11) is 0. The van der Waals surface area contributed by atoms with Crippen LogP contribution in [0.15, 0.2) is 0 Å². The zero-order valence-electron chi connectivity index (χ0n) is 22.5. The Bertz CT molecular complexity index is 978. The fraction of sp³-hybridized carbons (Fsp3) is 0.963. The van der Waals surface area contributed by atoms with Crippen LogP contribution in [-0.2, 0) is 23.7 Å². The Labute approximate surface area is 226 Å². The number of hydrogen-bond acceptors (Lipinski definition) is 12. The molecule has 6 fully saturated rings. The van der Waals surface area contributed by atoms with E-state index in [-0.39, 0.29) is 33.9 Å². The van der Waals surface area contributed by atoms with E-state index in [1.165, 1.54) is 0 Å². The van der Waals surface area contributed by atoms with Gasteiger partial charge in [0.2, 0.25) is 0 Å². The molecule has 0 aromatic rings. The summed E-state index contributed by atoms with van der Waals surface area (Å²) in [5, 5.41) is 71.7. The number of Topliss-reactive ketones (excluding diaryl/α,β-unsaturated/α-hetero) is 1. The number of aliphatic hydroxyl groups excluding tert-OH is 7. The maximum absolute atomic E-state index is 13.9. The normalized spacial score (nSPS) is 60.2. The number of ether oxygens (including phenoxy) is 4. The second-order valence-corrected chi connectivity index (χ2v) is 13.2. The molecule has 39 heavy (non-hydrogen) atoms. The Morgan fingerprint density at radius 1 is 0.846 bits per heavy atom. The second-order valence-electron chi connectivity index (χ2n) is 13.2. The molecule has 6 aliphatic rings. The van der Waals surface area contributed by atoms with Gasteiger partial charge in [-0.1, -0.05) is 20.8 Å². The standard InChI is InChI=1S/C27H42O12/c1-10-21(15(30)12-7-25(2)11-4-5-27(10,6-11)26(12,25)3)38-24-22(19(34)17(32)14(9-29)37-24)39-23-20(35)18(33)16(31)13(8-28)36-23/h10-14,16-24,28-29,31-35H,4-9H2,1-3H3. The number of carbonyl (C=O) groups is 1. The van der Waals surface area contributed by atoms with Gasteiger partial charge in [-0.15, -0.1) is 0 Å². The molecule has 0 aromatic heterocycles. The predicted octanol–water partition coefficient (Wildman–Crippen LogP) is -1.95. The molecule has 7 N–H and O–H groups in total. The zero-order chi connectivity index (χ0) is 28.2. The molecule has 4 aliphatic carbocycles. The molecule has 12 heteroatoms. The summed E-state index contributed by atoms with van der Waals surface area (Å²) in [6, 6.07) is 0. The van der Waals surface area contributed by atoms with E-state index in [4.69, 9.17) is 18.9 Å². The first-order valence-electron chi connectivity index (χ1n) is 14.1. The van der Waals surface area contributed by atoms with Crippen molar-refractivity contribution >= 4 is 5.78 Å². The summed E-state index contributed by atoms with van der Waals surface area (Å²) in [5.41, 5.74) is -0.0594. The van der Waals surface area contributed by atoms with E-state index in [9.17, 15) is 40.5 Å². The van der Waals surface area contributed by atoms with Crippen LogP contribution in [0.3, 0.4) is 0 Å². The van der Waals surface area contributed by atoms with E-state index in [0.29, 0.717) is 5.92 Å². The van der Waals surface area contributed by atoms with Crippen molar-refractivity contribution in [3.8, 4) is 0 Å². The van der Waals surface area contributed by atoms with Crippen molar-refractivity contribution in [1.29, 1.82) is 0 Å². The summed E-state index contributed by atoms with van der Waals surface area (Å²) < 4.78 is 23.4. The van der Waals surface area contributed by atoms with Gasteiger partial charge in [-0.2, -0.15) is 0 Å². The lowest BCUT2D eigenvalue weighted by molar-refractivity contribution is -0.375. The molecular weight excluding hydrogens is 516 g/mol. The van der Waals surface area contributed by atoms with Crippen LogP contribution in [0.25, 0.3) is 0 Å². The van der Waals surface area contributed by atoms with Crippen molar-refractivity contribution in [2.45, 2.75) is 114 Å². The van der Waals surface area contributed by atoms with Crippen LogP contribution in [0, 0.1) is 34.0 Å². The van der Waals surface area contributed by atoms with Crippen molar-refractivity contribution in [3.05, 3.63) is 0 Å². The highest BCUT2D eigenvalue weighted by Gasteiger charge is 2.83. The third-order valence-corrected chi connectivity index (χ3v) is 12.2. The zero-order valence-corrected chi connectivity index (χ0v) is 22.5. The smallest absolute Gasteiger partial charge is 0.187 e. The highest BCUT2D eigenvalue weighted by atomic mass is 16.8. The van der Waals surface area contributed by atoms with Crippen LogP contribution < -0.4 is 0 Å². The molecule has 2 saturated heterocycles. The SMILES string of the molecule is CC1C(OC2OC(CO)C(O)C(O)C2OC2OC(CO)C(O)C(O)C2O)C(=O)C2CC3(C)C4CCC1(C4)C23C. The molecule has 2 bridgehead atoms. The third kappa shape index (κ3) is 3.48. The molecule has 0 radical (unpaired) electrons. The average molecular weight is 559 g/mol. The molecular formula is C27H42O12. The lowest BCUT2D eigenvalue weighted by atomic mass is 9.32. The van der Waals surface area contributed by atoms with Crippen LogP contribution in [0.5, 0.6) is 0 Å². The Morgan fingerprint density at radius 2 is 1.46 bits per heavy atom. The summed E-state index contributed by atoms with van der Waals surface area (Å²) in [5.74, 6) is 0.215. The van der Waals surface area contributed by atoms with E-state index in [1.807, 2.05) is 6.92 Å². The van der Waals surface area contributed by atoms with Crippen molar-refractivity contribution in [2.75, 3.05) is 13.2 Å². The summed E-state index contributed by atoms with van der Waals surface area (Å²) >= 11 is 0. The molecule has 17 unspecified atom stereocenters. The molecule has 0 aromatic carbocycles. The van der Waals surface area contributed by atoms with Gasteiger partial charge in [0.1, 0.15) is 54.9 Å². The van der Waals surface area contributed by atoms with Crippen molar-refractivity contribution in [2.24, 2.45) is 34.0 Å². The summed E-state index contributed by atoms with van der Waals surface area (Å²) in [6.07, 6.45) is -12.4. The van der Waals surface area contributed by atoms with E-state index in [1.54, 1.807) is 0 Å². The number of fused-ring (bicyclic) bond motifs is 2. The first-order valence-corrected chi connectivity index (χ1v) is 14.1. The molecule has 1 spiro atoms. The molecule has 222 valence electrons.